The lowest BCUT2D eigenvalue weighted by Crippen LogP contribution is -2.58. The number of anilines is 1. The van der Waals surface area contributed by atoms with Crippen LogP contribution in [0.5, 0.6) is 0 Å². The number of nitrogens with zero attached hydrogens (tertiary/aromatic N) is 3. The van der Waals surface area contributed by atoms with Crippen LogP contribution in [0.4, 0.5) is 19.0 Å². The van der Waals surface area contributed by atoms with Crippen molar-refractivity contribution in [1.82, 2.24) is 9.29 Å². The number of halogens is 3. The second-order valence-corrected chi connectivity index (χ2v) is 9.84. The normalized spacial score (nSPS) is 20.4. The molecule has 1 aromatic carbocycles. The van der Waals surface area contributed by atoms with Crippen molar-refractivity contribution in [2.45, 2.75) is 50.3 Å². The third-order valence-electron chi connectivity index (χ3n) is 5.47. The first-order valence-electron chi connectivity index (χ1n) is 9.93. The van der Waals surface area contributed by atoms with Gasteiger partial charge in [-0.05, 0) is 56.2 Å². The van der Waals surface area contributed by atoms with Crippen LogP contribution in [0, 0.1) is 6.92 Å². The Balaban J connectivity index is 1.84. The second-order valence-electron chi connectivity index (χ2n) is 8.00. The first kappa shape index (κ1) is 24.0. The van der Waals surface area contributed by atoms with Crippen molar-refractivity contribution < 1.29 is 31.5 Å². The summed E-state index contributed by atoms with van der Waals surface area (Å²) in [5.41, 5.74) is 0.261. The molecule has 2 heterocycles. The summed E-state index contributed by atoms with van der Waals surface area (Å²) < 4.78 is 66.5. The maximum absolute atomic E-state index is 13.4. The molecule has 0 radical (unpaired) electrons. The van der Waals surface area contributed by atoms with Gasteiger partial charge < -0.3 is 10.0 Å². The Hall–Kier alpha value is -2.66. The maximum Gasteiger partial charge on any atom is 0.417 e. The monoisotopic (exact) mass is 471 g/mol. The van der Waals surface area contributed by atoms with E-state index in [2.05, 4.69) is 4.98 Å². The Morgan fingerprint density at radius 1 is 1.16 bits per heavy atom. The number of benzene rings is 1. The van der Waals surface area contributed by atoms with E-state index in [-0.39, 0.29) is 24.4 Å². The Morgan fingerprint density at radius 3 is 2.28 bits per heavy atom. The standard InChI is InChI=1S/C21H24F3N3O4S/c1-13-4-6-18(8-16(13)9-20(28)29)32(30,31)27-14(2)11-26(12-15(27)3)19-7-5-17(10-25-19)21(22,23)24/h4-8,10,14-15H,9,11-12H2,1-3H3,(H,28,29)/t14-,15-/m0/s1. The van der Waals surface area contributed by atoms with Crippen molar-refractivity contribution in [3.8, 4) is 0 Å². The molecule has 7 nitrogen and oxygen atoms in total. The quantitative estimate of drug-likeness (QED) is 0.720. The highest BCUT2D eigenvalue weighted by Crippen LogP contribution is 2.31. The number of carbonyl (C=O) groups is 1. The number of aryl methyl sites for hydroxylation is 1. The summed E-state index contributed by atoms with van der Waals surface area (Å²) in [6.07, 6.45) is -4.00. The fraction of sp³-hybridized carbons (Fsp3) is 0.429. The number of hydrogen-bond acceptors (Lipinski definition) is 5. The molecule has 1 N–H and O–H groups in total. The molecule has 0 bridgehead atoms. The van der Waals surface area contributed by atoms with Gasteiger partial charge in [0, 0.05) is 31.4 Å². The minimum absolute atomic E-state index is 0.0131. The van der Waals surface area contributed by atoms with E-state index in [1.807, 2.05) is 0 Å². The van der Waals surface area contributed by atoms with E-state index >= 15 is 0 Å². The molecule has 0 unspecified atom stereocenters. The van der Waals surface area contributed by atoms with Crippen molar-refractivity contribution in [1.29, 1.82) is 0 Å². The van der Waals surface area contributed by atoms with Gasteiger partial charge in [0.2, 0.25) is 10.0 Å². The number of carboxylic acid groups (broad SMARTS) is 1. The van der Waals surface area contributed by atoms with Crippen LogP contribution in [0.3, 0.4) is 0 Å². The molecule has 1 aliphatic rings. The summed E-state index contributed by atoms with van der Waals surface area (Å²) in [4.78, 5) is 16.8. The van der Waals surface area contributed by atoms with Crippen LogP contribution in [0.15, 0.2) is 41.4 Å². The van der Waals surface area contributed by atoms with Crippen molar-refractivity contribution >= 4 is 21.8 Å². The third kappa shape index (κ3) is 4.88. The molecule has 0 saturated carbocycles. The number of sulfonamides is 1. The minimum atomic E-state index is -4.48. The van der Waals surface area contributed by atoms with Crippen LogP contribution in [-0.2, 0) is 27.4 Å². The van der Waals surface area contributed by atoms with Crippen molar-refractivity contribution in [3.05, 3.63) is 53.2 Å². The van der Waals surface area contributed by atoms with Gasteiger partial charge in [-0.15, -0.1) is 0 Å². The number of rotatable bonds is 5. The van der Waals surface area contributed by atoms with E-state index < -0.39 is 39.8 Å². The van der Waals surface area contributed by atoms with E-state index in [9.17, 15) is 26.4 Å². The molecular weight excluding hydrogens is 447 g/mol. The molecule has 2 aromatic rings. The van der Waals surface area contributed by atoms with E-state index in [0.29, 0.717) is 16.9 Å². The topological polar surface area (TPSA) is 90.8 Å². The lowest BCUT2D eigenvalue weighted by molar-refractivity contribution is -0.138. The molecule has 0 spiro atoms. The van der Waals surface area contributed by atoms with Crippen molar-refractivity contribution in [3.63, 3.8) is 0 Å². The van der Waals surface area contributed by atoms with Crippen LogP contribution in [-0.4, -0.2) is 54.0 Å². The predicted molar refractivity (Wildman–Crippen MR) is 112 cm³/mol. The smallest absolute Gasteiger partial charge is 0.417 e. The fourth-order valence-electron chi connectivity index (χ4n) is 3.99. The highest BCUT2D eigenvalue weighted by molar-refractivity contribution is 7.89. The predicted octanol–water partition coefficient (Wildman–Crippen LogP) is 3.32. The molecule has 1 aliphatic heterocycles. The van der Waals surface area contributed by atoms with Crippen LogP contribution in [0.1, 0.15) is 30.5 Å². The fourth-order valence-corrected chi connectivity index (χ4v) is 5.85. The number of piperazine rings is 1. The van der Waals surface area contributed by atoms with Crippen molar-refractivity contribution in [2.24, 2.45) is 0 Å². The van der Waals surface area contributed by atoms with Gasteiger partial charge in [-0.2, -0.15) is 17.5 Å². The van der Waals surface area contributed by atoms with Gasteiger partial charge in [-0.25, -0.2) is 13.4 Å². The molecule has 32 heavy (non-hydrogen) atoms. The first-order valence-corrected chi connectivity index (χ1v) is 11.4. The van der Waals surface area contributed by atoms with Gasteiger partial charge in [-0.1, -0.05) is 6.07 Å². The number of carboxylic acids is 1. The van der Waals surface area contributed by atoms with Gasteiger partial charge in [-0.3, -0.25) is 4.79 Å². The Morgan fingerprint density at radius 2 is 1.78 bits per heavy atom. The van der Waals surface area contributed by atoms with Crippen LogP contribution in [0.2, 0.25) is 0 Å². The van der Waals surface area contributed by atoms with Crippen molar-refractivity contribution in [2.75, 3.05) is 18.0 Å². The van der Waals surface area contributed by atoms with Crippen LogP contribution < -0.4 is 4.90 Å². The Bertz CT molecular complexity index is 1090. The summed E-state index contributed by atoms with van der Waals surface area (Å²) in [6.45, 7) is 5.65. The third-order valence-corrected chi connectivity index (χ3v) is 7.60. The molecule has 0 aliphatic carbocycles. The average Bonchev–Trinajstić information content (AvgIpc) is 2.68. The number of aliphatic carboxylic acids is 1. The molecule has 3 rings (SSSR count). The summed E-state index contributed by atoms with van der Waals surface area (Å²) in [5, 5.41) is 9.08. The summed E-state index contributed by atoms with van der Waals surface area (Å²) in [6, 6.07) is 5.69. The van der Waals surface area contributed by atoms with Crippen LogP contribution >= 0.6 is 0 Å². The highest BCUT2D eigenvalue weighted by atomic mass is 32.2. The molecule has 2 atom stereocenters. The Labute approximate surface area is 184 Å². The average molecular weight is 472 g/mol. The second kappa shape index (κ2) is 8.70. The van der Waals surface area contributed by atoms with E-state index in [0.717, 1.165) is 12.3 Å². The van der Waals surface area contributed by atoms with Gasteiger partial charge in [0.25, 0.3) is 0 Å². The largest absolute Gasteiger partial charge is 0.481 e. The van der Waals surface area contributed by atoms with Gasteiger partial charge in [0.1, 0.15) is 5.82 Å². The molecule has 174 valence electrons. The number of pyridine rings is 1. The van der Waals surface area contributed by atoms with E-state index in [1.165, 1.54) is 22.5 Å². The number of alkyl halides is 3. The molecule has 11 heteroatoms. The van der Waals surface area contributed by atoms with Gasteiger partial charge >= 0.3 is 12.1 Å². The van der Waals surface area contributed by atoms with Crippen LogP contribution in [0.25, 0.3) is 0 Å². The lowest BCUT2D eigenvalue weighted by atomic mass is 10.1. The minimum Gasteiger partial charge on any atom is -0.481 e. The summed E-state index contributed by atoms with van der Waals surface area (Å²) in [5.74, 6) is -0.713. The molecule has 1 saturated heterocycles. The zero-order valence-electron chi connectivity index (χ0n) is 17.8. The zero-order valence-corrected chi connectivity index (χ0v) is 18.6. The molecular formula is C21H24F3N3O4S. The number of hydrogen-bond donors (Lipinski definition) is 1. The Kier molecular flexibility index (Phi) is 6.52. The number of aromatic nitrogens is 1. The maximum atomic E-state index is 13.4. The highest BCUT2D eigenvalue weighted by Gasteiger charge is 2.39. The van der Waals surface area contributed by atoms with E-state index in [4.69, 9.17) is 5.11 Å². The lowest BCUT2D eigenvalue weighted by Gasteiger charge is -2.43. The zero-order chi connectivity index (χ0) is 23.8. The van der Waals surface area contributed by atoms with E-state index in [1.54, 1.807) is 31.7 Å². The first-order chi connectivity index (χ1) is 14.8. The SMILES string of the molecule is Cc1ccc(S(=O)(=O)N2[C@@H](C)CN(c3ccc(C(F)(F)F)cn3)C[C@@H]2C)cc1CC(=O)O. The molecule has 1 aromatic heterocycles. The molecule has 1 fully saturated rings. The van der Waals surface area contributed by atoms with Gasteiger partial charge in [0.05, 0.1) is 16.9 Å². The molecule has 0 amide bonds. The van der Waals surface area contributed by atoms with Gasteiger partial charge in [0.15, 0.2) is 0 Å². The summed E-state index contributed by atoms with van der Waals surface area (Å²) >= 11 is 0. The summed E-state index contributed by atoms with van der Waals surface area (Å²) in [7, 11) is -3.92.